The smallest absolute Gasteiger partial charge is 0.349 e. The number of carbonyl (C=O) groups is 1. The molecule has 0 unspecified atom stereocenters. The highest BCUT2D eigenvalue weighted by molar-refractivity contribution is 6.29. The van der Waals surface area contributed by atoms with E-state index in [4.69, 9.17) is 11.6 Å². The van der Waals surface area contributed by atoms with Gasteiger partial charge in [0.25, 0.3) is 5.91 Å². The van der Waals surface area contributed by atoms with E-state index in [0.717, 1.165) is 0 Å². The number of hydrogen-bond donors (Lipinski definition) is 1. The van der Waals surface area contributed by atoms with Crippen LogP contribution in [0.3, 0.4) is 0 Å². The van der Waals surface area contributed by atoms with Crippen molar-refractivity contribution in [3.8, 4) is 0 Å². The molecule has 1 fully saturated rings. The third kappa shape index (κ3) is 3.85. The van der Waals surface area contributed by atoms with Crippen LogP contribution in [0.15, 0.2) is 18.3 Å². The lowest BCUT2D eigenvalue weighted by Gasteiger charge is -2.30. The topological polar surface area (TPSA) is 42.0 Å². The predicted molar refractivity (Wildman–Crippen MR) is 68.5 cm³/mol. The van der Waals surface area contributed by atoms with Crippen LogP contribution in [0.25, 0.3) is 0 Å². The Balaban J connectivity index is 1.86. The van der Waals surface area contributed by atoms with Gasteiger partial charge in [-0.2, -0.15) is 13.2 Å². The van der Waals surface area contributed by atoms with Gasteiger partial charge in [0.2, 0.25) is 0 Å². The number of aromatic nitrogens is 1. The maximum Gasteiger partial charge on any atom is 0.391 e. The fourth-order valence-corrected chi connectivity index (χ4v) is 2.46. The molecule has 0 spiro atoms. The van der Waals surface area contributed by atoms with E-state index < -0.39 is 12.1 Å². The minimum absolute atomic E-state index is 0.0628. The summed E-state index contributed by atoms with van der Waals surface area (Å²) in [7, 11) is 0. The van der Waals surface area contributed by atoms with Gasteiger partial charge in [0.05, 0.1) is 11.5 Å². The summed E-state index contributed by atoms with van der Waals surface area (Å²) >= 11 is 5.62. The Kier molecular flexibility index (Phi) is 4.52. The van der Waals surface area contributed by atoms with E-state index in [1.165, 1.54) is 18.3 Å². The highest BCUT2D eigenvalue weighted by atomic mass is 35.5. The van der Waals surface area contributed by atoms with Crippen molar-refractivity contribution in [2.24, 2.45) is 5.92 Å². The number of alkyl halides is 3. The first-order valence-electron chi connectivity index (χ1n) is 6.35. The maximum atomic E-state index is 12.5. The monoisotopic (exact) mass is 306 g/mol. The fraction of sp³-hybridized carbons (Fsp3) is 0.538. The van der Waals surface area contributed by atoms with Gasteiger partial charge in [0.1, 0.15) is 5.15 Å². The van der Waals surface area contributed by atoms with Gasteiger partial charge in [0.15, 0.2) is 0 Å². The van der Waals surface area contributed by atoms with Crippen LogP contribution in [0.4, 0.5) is 13.2 Å². The van der Waals surface area contributed by atoms with Gasteiger partial charge < -0.3 is 5.32 Å². The Labute approximate surface area is 119 Å². The summed E-state index contributed by atoms with van der Waals surface area (Å²) in [5.74, 6) is -1.57. The van der Waals surface area contributed by atoms with Gasteiger partial charge in [-0.15, -0.1) is 0 Å². The number of pyridine rings is 1. The first-order chi connectivity index (χ1) is 9.36. The Morgan fingerprint density at radius 3 is 2.40 bits per heavy atom. The average Bonchev–Trinajstić information content (AvgIpc) is 2.39. The molecule has 7 heteroatoms. The van der Waals surface area contributed by atoms with Gasteiger partial charge in [-0.25, -0.2) is 4.98 Å². The van der Waals surface area contributed by atoms with Crippen LogP contribution in [0, 0.1) is 5.92 Å². The van der Waals surface area contributed by atoms with Crippen molar-refractivity contribution in [3.63, 3.8) is 0 Å². The molecule has 1 N–H and O–H groups in total. The highest BCUT2D eigenvalue weighted by Gasteiger charge is 2.41. The van der Waals surface area contributed by atoms with Crippen molar-refractivity contribution in [2.75, 3.05) is 0 Å². The summed E-state index contributed by atoms with van der Waals surface area (Å²) in [6.45, 7) is 0. The number of halogens is 4. The number of rotatable bonds is 2. The standard InChI is InChI=1S/C13H14ClF3N2O/c14-11-6-1-8(7-18-11)12(20)19-10-4-2-9(3-5-10)13(15,16)17/h1,6-7,9-10H,2-5H2,(H,19,20). The van der Waals surface area contributed by atoms with Crippen molar-refractivity contribution in [2.45, 2.75) is 37.9 Å². The minimum atomic E-state index is -4.13. The maximum absolute atomic E-state index is 12.5. The molecule has 1 aliphatic carbocycles. The molecule has 1 heterocycles. The highest BCUT2D eigenvalue weighted by Crippen LogP contribution is 2.37. The summed E-state index contributed by atoms with van der Waals surface area (Å²) in [5, 5.41) is 3.02. The molecule has 20 heavy (non-hydrogen) atoms. The molecule has 0 atom stereocenters. The number of nitrogens with one attached hydrogen (secondary N) is 1. The second-order valence-electron chi connectivity index (χ2n) is 4.93. The quantitative estimate of drug-likeness (QED) is 0.849. The second kappa shape index (κ2) is 5.99. The van der Waals surface area contributed by atoms with Gasteiger partial charge in [0, 0.05) is 12.2 Å². The third-order valence-electron chi connectivity index (χ3n) is 3.51. The molecule has 0 saturated heterocycles. The zero-order valence-electron chi connectivity index (χ0n) is 10.6. The van der Waals surface area contributed by atoms with Crippen LogP contribution in [0.1, 0.15) is 36.0 Å². The Morgan fingerprint density at radius 2 is 1.90 bits per heavy atom. The third-order valence-corrected chi connectivity index (χ3v) is 3.74. The van der Waals surface area contributed by atoms with Crippen LogP contribution < -0.4 is 5.32 Å². The van der Waals surface area contributed by atoms with Crippen molar-refractivity contribution >= 4 is 17.5 Å². The summed E-state index contributed by atoms with van der Waals surface area (Å²) in [6, 6.07) is 2.82. The van der Waals surface area contributed by atoms with E-state index in [1.807, 2.05) is 0 Å². The normalized spacial score (nSPS) is 23.4. The van der Waals surface area contributed by atoms with Crippen molar-refractivity contribution in [1.82, 2.24) is 10.3 Å². The van der Waals surface area contributed by atoms with Crippen molar-refractivity contribution in [1.29, 1.82) is 0 Å². The van der Waals surface area contributed by atoms with Gasteiger partial charge in [-0.05, 0) is 37.8 Å². The summed E-state index contributed by atoms with van der Waals surface area (Å²) < 4.78 is 37.6. The van der Waals surface area contributed by atoms with E-state index in [9.17, 15) is 18.0 Å². The largest absolute Gasteiger partial charge is 0.391 e. The fourth-order valence-electron chi connectivity index (χ4n) is 2.34. The predicted octanol–water partition coefficient (Wildman–Crippen LogP) is 3.59. The Bertz CT molecular complexity index is 467. The number of nitrogens with zero attached hydrogens (tertiary/aromatic N) is 1. The molecule has 1 saturated carbocycles. The lowest BCUT2D eigenvalue weighted by Crippen LogP contribution is -2.40. The van der Waals surface area contributed by atoms with Gasteiger partial charge >= 0.3 is 6.18 Å². The van der Waals surface area contributed by atoms with Crippen molar-refractivity contribution < 1.29 is 18.0 Å². The Morgan fingerprint density at radius 1 is 1.25 bits per heavy atom. The molecule has 0 aliphatic heterocycles. The SMILES string of the molecule is O=C(NC1CCC(C(F)(F)F)CC1)c1ccc(Cl)nc1. The van der Waals surface area contributed by atoms with Crippen LogP contribution in [0.5, 0.6) is 0 Å². The van der Waals surface area contributed by atoms with Crippen LogP contribution in [-0.2, 0) is 0 Å². The Hall–Kier alpha value is -1.30. The molecule has 0 aromatic carbocycles. The summed E-state index contributed by atoms with van der Waals surface area (Å²) in [6.07, 6.45) is -1.97. The molecule has 1 aromatic heterocycles. The number of hydrogen-bond acceptors (Lipinski definition) is 2. The average molecular weight is 307 g/mol. The summed E-state index contributed by atoms with van der Waals surface area (Å²) in [4.78, 5) is 15.7. The summed E-state index contributed by atoms with van der Waals surface area (Å²) in [5.41, 5.74) is 0.354. The van der Waals surface area contributed by atoms with E-state index in [1.54, 1.807) is 0 Å². The molecule has 0 radical (unpaired) electrons. The molecular formula is C13H14ClF3N2O. The van der Waals surface area contributed by atoms with E-state index in [0.29, 0.717) is 18.4 Å². The molecular weight excluding hydrogens is 293 g/mol. The zero-order chi connectivity index (χ0) is 14.8. The van der Waals surface area contributed by atoms with Gasteiger partial charge in [-0.1, -0.05) is 11.6 Å². The molecule has 1 aliphatic rings. The van der Waals surface area contributed by atoms with Crippen LogP contribution in [0.2, 0.25) is 5.15 Å². The van der Waals surface area contributed by atoms with E-state index >= 15 is 0 Å². The van der Waals surface area contributed by atoms with Crippen LogP contribution in [-0.4, -0.2) is 23.1 Å². The first-order valence-corrected chi connectivity index (χ1v) is 6.73. The second-order valence-corrected chi connectivity index (χ2v) is 5.32. The molecule has 1 aromatic rings. The van der Waals surface area contributed by atoms with Crippen LogP contribution >= 0.6 is 11.6 Å². The number of carbonyl (C=O) groups excluding carboxylic acids is 1. The molecule has 3 nitrogen and oxygen atoms in total. The molecule has 2 rings (SSSR count). The molecule has 1 amide bonds. The molecule has 0 bridgehead atoms. The van der Waals surface area contributed by atoms with Crippen molar-refractivity contribution in [3.05, 3.63) is 29.0 Å². The first kappa shape index (κ1) is 15.1. The lowest BCUT2D eigenvalue weighted by atomic mass is 9.85. The van der Waals surface area contributed by atoms with E-state index in [-0.39, 0.29) is 29.9 Å². The minimum Gasteiger partial charge on any atom is -0.349 e. The zero-order valence-corrected chi connectivity index (χ0v) is 11.3. The van der Waals surface area contributed by atoms with Gasteiger partial charge in [-0.3, -0.25) is 4.79 Å². The number of amides is 1. The molecule has 110 valence electrons. The van der Waals surface area contributed by atoms with E-state index in [2.05, 4.69) is 10.3 Å². The lowest BCUT2D eigenvalue weighted by molar-refractivity contribution is -0.182.